The molecule has 0 unspecified atom stereocenters. The lowest BCUT2D eigenvalue weighted by Crippen LogP contribution is -2.19. The largest absolute Gasteiger partial charge is 0.467 e. The monoisotopic (exact) mass is 269 g/mol. The molecule has 0 aliphatic carbocycles. The van der Waals surface area contributed by atoms with E-state index in [1.54, 1.807) is 6.26 Å². The second-order valence-electron chi connectivity index (χ2n) is 6.10. The predicted molar refractivity (Wildman–Crippen MR) is 80.7 cm³/mol. The third kappa shape index (κ3) is 2.18. The molecule has 4 nitrogen and oxygen atoms in total. The van der Waals surface area contributed by atoms with E-state index in [2.05, 4.69) is 25.3 Å². The van der Waals surface area contributed by atoms with Crippen molar-refractivity contribution in [1.29, 1.82) is 0 Å². The topological polar surface area (TPSA) is 57.0 Å². The fourth-order valence-corrected chi connectivity index (χ4v) is 2.44. The summed E-state index contributed by atoms with van der Waals surface area (Å²) in [4.78, 5) is 4.77. The van der Waals surface area contributed by atoms with Crippen molar-refractivity contribution in [2.45, 2.75) is 32.7 Å². The number of imidazole rings is 1. The lowest BCUT2D eigenvalue weighted by Gasteiger charge is -2.19. The van der Waals surface area contributed by atoms with Crippen LogP contribution in [-0.4, -0.2) is 9.55 Å². The summed E-state index contributed by atoms with van der Waals surface area (Å²) in [7, 11) is 0. The molecule has 0 saturated heterocycles. The molecule has 2 heterocycles. The molecular weight excluding hydrogens is 250 g/mol. The Labute approximate surface area is 118 Å². The van der Waals surface area contributed by atoms with Gasteiger partial charge in [-0.2, -0.15) is 0 Å². The highest BCUT2D eigenvalue weighted by molar-refractivity contribution is 5.80. The van der Waals surface area contributed by atoms with E-state index < -0.39 is 0 Å². The number of nitrogen functional groups attached to an aromatic ring is 1. The smallest absolute Gasteiger partial charge is 0.123 e. The highest BCUT2D eigenvalue weighted by Crippen LogP contribution is 2.28. The van der Waals surface area contributed by atoms with Crippen LogP contribution in [0.3, 0.4) is 0 Å². The summed E-state index contributed by atoms with van der Waals surface area (Å²) >= 11 is 0. The van der Waals surface area contributed by atoms with Crippen molar-refractivity contribution < 1.29 is 4.42 Å². The van der Waals surface area contributed by atoms with Crippen molar-refractivity contribution in [3.8, 4) is 0 Å². The van der Waals surface area contributed by atoms with Crippen molar-refractivity contribution in [1.82, 2.24) is 9.55 Å². The molecular formula is C16H19N3O. The van der Waals surface area contributed by atoms with Crippen LogP contribution < -0.4 is 5.73 Å². The third-order valence-corrected chi connectivity index (χ3v) is 3.34. The second kappa shape index (κ2) is 4.40. The Kier molecular flexibility index (Phi) is 2.82. The lowest BCUT2D eigenvalue weighted by molar-refractivity contribution is 0.467. The predicted octanol–water partition coefficient (Wildman–Crippen LogP) is 3.56. The van der Waals surface area contributed by atoms with Crippen LogP contribution in [0.5, 0.6) is 0 Å². The van der Waals surface area contributed by atoms with Gasteiger partial charge in [-0.1, -0.05) is 20.8 Å². The molecule has 0 aliphatic heterocycles. The number of fused-ring (bicyclic) bond motifs is 1. The van der Waals surface area contributed by atoms with E-state index in [0.29, 0.717) is 6.54 Å². The van der Waals surface area contributed by atoms with Crippen LogP contribution >= 0.6 is 0 Å². The SMILES string of the molecule is CC(C)(C)c1nc2cc(N)ccc2n1Cc1ccco1. The quantitative estimate of drug-likeness (QED) is 0.724. The van der Waals surface area contributed by atoms with Crippen molar-refractivity contribution >= 4 is 16.7 Å². The molecule has 3 aromatic rings. The summed E-state index contributed by atoms with van der Waals surface area (Å²) in [6, 6.07) is 9.74. The first-order valence-electron chi connectivity index (χ1n) is 6.74. The summed E-state index contributed by atoms with van der Waals surface area (Å²) in [5, 5.41) is 0. The standard InChI is InChI=1S/C16H19N3O/c1-16(2,3)15-18-13-9-11(17)6-7-14(13)19(15)10-12-5-4-8-20-12/h4-9H,10,17H2,1-3H3. The zero-order chi connectivity index (χ0) is 14.3. The van der Waals surface area contributed by atoms with Crippen LogP contribution in [-0.2, 0) is 12.0 Å². The molecule has 0 fully saturated rings. The highest BCUT2D eigenvalue weighted by Gasteiger charge is 2.23. The van der Waals surface area contributed by atoms with Crippen LogP contribution in [0.15, 0.2) is 41.0 Å². The zero-order valence-electron chi connectivity index (χ0n) is 12.1. The van der Waals surface area contributed by atoms with Crippen molar-refractivity contribution in [2.75, 3.05) is 5.73 Å². The van der Waals surface area contributed by atoms with Crippen LogP contribution in [0.25, 0.3) is 11.0 Å². The number of aromatic nitrogens is 2. The van der Waals surface area contributed by atoms with Gasteiger partial charge in [0.1, 0.15) is 11.6 Å². The third-order valence-electron chi connectivity index (χ3n) is 3.34. The molecule has 3 rings (SSSR count). The fraction of sp³-hybridized carbons (Fsp3) is 0.312. The van der Waals surface area contributed by atoms with E-state index in [9.17, 15) is 0 Å². The Morgan fingerprint density at radius 1 is 1.25 bits per heavy atom. The first-order chi connectivity index (χ1) is 9.45. The first kappa shape index (κ1) is 12.8. The maximum Gasteiger partial charge on any atom is 0.123 e. The molecule has 0 bridgehead atoms. The van der Waals surface area contributed by atoms with Gasteiger partial charge >= 0.3 is 0 Å². The summed E-state index contributed by atoms with van der Waals surface area (Å²) in [6.07, 6.45) is 1.70. The van der Waals surface area contributed by atoms with E-state index in [-0.39, 0.29) is 5.41 Å². The molecule has 0 atom stereocenters. The fourth-order valence-electron chi connectivity index (χ4n) is 2.44. The van der Waals surface area contributed by atoms with E-state index in [4.69, 9.17) is 15.1 Å². The number of nitrogens with zero attached hydrogens (tertiary/aromatic N) is 2. The Morgan fingerprint density at radius 2 is 2.05 bits per heavy atom. The molecule has 0 spiro atoms. The van der Waals surface area contributed by atoms with E-state index in [0.717, 1.165) is 28.3 Å². The molecule has 20 heavy (non-hydrogen) atoms. The zero-order valence-corrected chi connectivity index (χ0v) is 12.1. The molecule has 0 amide bonds. The number of nitrogens with two attached hydrogens (primary N) is 1. The van der Waals surface area contributed by atoms with Gasteiger partial charge in [-0.25, -0.2) is 4.98 Å². The molecule has 0 aliphatic rings. The van der Waals surface area contributed by atoms with E-state index >= 15 is 0 Å². The molecule has 4 heteroatoms. The lowest BCUT2D eigenvalue weighted by atomic mass is 9.95. The number of hydrogen-bond acceptors (Lipinski definition) is 3. The molecule has 0 saturated carbocycles. The maximum absolute atomic E-state index is 5.86. The normalized spacial score (nSPS) is 12.2. The first-order valence-corrected chi connectivity index (χ1v) is 6.74. The van der Waals surface area contributed by atoms with Crippen molar-refractivity contribution in [3.63, 3.8) is 0 Å². The van der Waals surface area contributed by atoms with Crippen LogP contribution in [0.4, 0.5) is 5.69 Å². The van der Waals surface area contributed by atoms with Crippen LogP contribution in [0.2, 0.25) is 0 Å². The van der Waals surface area contributed by atoms with Crippen molar-refractivity contribution in [3.05, 3.63) is 48.2 Å². The van der Waals surface area contributed by atoms with E-state index in [1.165, 1.54) is 0 Å². The summed E-state index contributed by atoms with van der Waals surface area (Å²) in [5.41, 5.74) is 8.57. The molecule has 104 valence electrons. The molecule has 2 N–H and O–H groups in total. The van der Waals surface area contributed by atoms with E-state index in [1.807, 2.05) is 30.3 Å². The van der Waals surface area contributed by atoms with Crippen molar-refractivity contribution in [2.24, 2.45) is 0 Å². The number of hydrogen-bond donors (Lipinski definition) is 1. The summed E-state index contributed by atoms with van der Waals surface area (Å²) in [5.74, 6) is 1.96. The number of benzene rings is 1. The van der Waals surface area contributed by atoms with Gasteiger partial charge in [0, 0.05) is 11.1 Å². The molecule has 0 radical (unpaired) electrons. The van der Waals surface area contributed by atoms with Gasteiger partial charge in [0.05, 0.1) is 23.8 Å². The van der Waals surface area contributed by atoms with Gasteiger partial charge in [-0.15, -0.1) is 0 Å². The van der Waals surface area contributed by atoms with Gasteiger partial charge < -0.3 is 14.7 Å². The summed E-state index contributed by atoms with van der Waals surface area (Å²) < 4.78 is 7.68. The van der Waals surface area contributed by atoms with Gasteiger partial charge in [0.2, 0.25) is 0 Å². The Morgan fingerprint density at radius 3 is 2.70 bits per heavy atom. The minimum atomic E-state index is -0.0413. The minimum Gasteiger partial charge on any atom is -0.467 e. The Bertz CT molecular complexity index is 733. The highest BCUT2D eigenvalue weighted by atomic mass is 16.3. The number of furan rings is 1. The van der Waals surface area contributed by atoms with Gasteiger partial charge in [-0.3, -0.25) is 0 Å². The molecule has 1 aromatic carbocycles. The van der Waals surface area contributed by atoms with Crippen LogP contribution in [0, 0.1) is 0 Å². The van der Waals surface area contributed by atoms with Gasteiger partial charge in [0.25, 0.3) is 0 Å². The Balaban J connectivity index is 2.20. The average molecular weight is 269 g/mol. The van der Waals surface area contributed by atoms with Gasteiger partial charge in [0.15, 0.2) is 0 Å². The number of rotatable bonds is 2. The minimum absolute atomic E-state index is 0.0413. The number of anilines is 1. The van der Waals surface area contributed by atoms with Crippen LogP contribution in [0.1, 0.15) is 32.4 Å². The molecule has 2 aromatic heterocycles. The summed E-state index contributed by atoms with van der Waals surface area (Å²) in [6.45, 7) is 7.17. The maximum atomic E-state index is 5.86. The second-order valence-corrected chi connectivity index (χ2v) is 6.10. The Hall–Kier alpha value is -2.23. The average Bonchev–Trinajstić information content (AvgIpc) is 2.97. The van der Waals surface area contributed by atoms with Gasteiger partial charge in [-0.05, 0) is 30.3 Å².